The number of benzene rings is 2. The van der Waals surface area contributed by atoms with Crippen molar-refractivity contribution in [1.29, 1.82) is 0 Å². The zero-order valence-corrected chi connectivity index (χ0v) is 17.6. The van der Waals surface area contributed by atoms with Crippen molar-refractivity contribution in [1.82, 2.24) is 5.32 Å². The first-order chi connectivity index (χ1) is 13.8. The van der Waals surface area contributed by atoms with Gasteiger partial charge in [0, 0.05) is 13.2 Å². The smallest absolute Gasteiger partial charge is 0.262 e. The molecule has 0 aromatic heterocycles. The molecule has 156 valence electrons. The average Bonchev–Trinajstić information content (AvgIpc) is 3.19. The number of amides is 1. The van der Waals surface area contributed by atoms with Crippen molar-refractivity contribution in [2.24, 2.45) is 0 Å². The van der Waals surface area contributed by atoms with Gasteiger partial charge in [0.15, 0.2) is 0 Å². The molecule has 8 heteroatoms. The summed E-state index contributed by atoms with van der Waals surface area (Å²) in [6.45, 7) is 4.53. The van der Waals surface area contributed by atoms with E-state index in [9.17, 15) is 13.2 Å². The van der Waals surface area contributed by atoms with Crippen molar-refractivity contribution in [3.05, 3.63) is 53.1 Å². The van der Waals surface area contributed by atoms with Crippen LogP contribution in [0.2, 0.25) is 0 Å². The fraction of sp³-hybridized carbons (Fsp3) is 0.381. The van der Waals surface area contributed by atoms with E-state index in [4.69, 9.17) is 9.47 Å². The molecule has 1 aliphatic heterocycles. The highest BCUT2D eigenvalue weighted by molar-refractivity contribution is 7.92. The summed E-state index contributed by atoms with van der Waals surface area (Å²) in [5.41, 5.74) is 1.62. The normalized spacial score (nSPS) is 16.4. The molecule has 0 saturated carbocycles. The summed E-state index contributed by atoms with van der Waals surface area (Å²) in [6, 6.07) is 9.89. The lowest BCUT2D eigenvalue weighted by molar-refractivity contribution is 0.0858. The molecule has 0 unspecified atom stereocenters. The minimum Gasteiger partial charge on any atom is -0.497 e. The monoisotopic (exact) mass is 418 g/mol. The maximum Gasteiger partial charge on any atom is 0.262 e. The summed E-state index contributed by atoms with van der Waals surface area (Å²) in [4.78, 5) is 12.8. The summed E-state index contributed by atoms with van der Waals surface area (Å²) in [6.07, 6.45) is 1.90. The first kappa shape index (κ1) is 21.1. The number of rotatable bonds is 7. The van der Waals surface area contributed by atoms with Gasteiger partial charge in [-0.05, 0) is 62.1 Å². The molecule has 2 aromatic carbocycles. The van der Waals surface area contributed by atoms with Crippen molar-refractivity contribution in [3.63, 3.8) is 0 Å². The molecule has 2 aromatic rings. The summed E-state index contributed by atoms with van der Waals surface area (Å²) >= 11 is 0. The molecule has 1 amide bonds. The van der Waals surface area contributed by atoms with E-state index in [1.54, 1.807) is 50.2 Å². The second kappa shape index (κ2) is 8.84. The molecule has 0 bridgehead atoms. The highest BCUT2D eigenvalue weighted by Gasteiger charge is 2.23. The summed E-state index contributed by atoms with van der Waals surface area (Å²) < 4.78 is 39.5. The maximum atomic E-state index is 13.1. The molecule has 1 heterocycles. The standard InChI is InChI=1S/C21H26N2O5S/c1-14-11-17(27-3)12-15(2)20(14)29(25,26)23-19-9-5-4-8-18(19)21(24)22-13-16-7-6-10-28-16/h4-5,8-9,11-12,16,23H,6-7,10,13H2,1-3H3,(H,22,24)/t16-/m0/s1. The largest absolute Gasteiger partial charge is 0.497 e. The molecule has 2 N–H and O–H groups in total. The van der Waals surface area contributed by atoms with Gasteiger partial charge in [0.2, 0.25) is 0 Å². The number of ether oxygens (including phenoxy) is 2. The topological polar surface area (TPSA) is 93.7 Å². The van der Waals surface area contributed by atoms with Crippen molar-refractivity contribution in [3.8, 4) is 5.75 Å². The number of carbonyl (C=O) groups is 1. The molecule has 1 fully saturated rings. The number of nitrogens with one attached hydrogen (secondary N) is 2. The van der Waals surface area contributed by atoms with E-state index in [1.165, 1.54) is 7.11 Å². The Morgan fingerprint density at radius 3 is 2.52 bits per heavy atom. The Morgan fingerprint density at radius 2 is 1.90 bits per heavy atom. The minimum absolute atomic E-state index is 0.00685. The van der Waals surface area contributed by atoms with Crippen LogP contribution in [0.4, 0.5) is 5.69 Å². The van der Waals surface area contributed by atoms with E-state index in [0.717, 1.165) is 12.8 Å². The molecule has 3 rings (SSSR count). The third-order valence-corrected chi connectivity index (χ3v) is 6.54. The van der Waals surface area contributed by atoms with E-state index in [1.807, 2.05) is 0 Å². The predicted molar refractivity (Wildman–Crippen MR) is 111 cm³/mol. The fourth-order valence-electron chi connectivity index (χ4n) is 3.53. The van der Waals surface area contributed by atoms with Crippen LogP contribution in [-0.4, -0.2) is 40.7 Å². The highest BCUT2D eigenvalue weighted by atomic mass is 32.2. The predicted octanol–water partition coefficient (Wildman–Crippen LogP) is 3.02. The third-order valence-electron chi connectivity index (χ3n) is 4.87. The van der Waals surface area contributed by atoms with Crippen LogP contribution in [-0.2, 0) is 14.8 Å². The van der Waals surface area contributed by atoms with Crippen LogP contribution >= 0.6 is 0 Å². The summed E-state index contributed by atoms with van der Waals surface area (Å²) in [7, 11) is -2.36. The van der Waals surface area contributed by atoms with Crippen LogP contribution < -0.4 is 14.8 Å². The molecule has 7 nitrogen and oxygen atoms in total. The molecule has 1 aliphatic rings. The Bertz CT molecular complexity index is 975. The lowest BCUT2D eigenvalue weighted by Gasteiger charge is -2.17. The van der Waals surface area contributed by atoms with Gasteiger partial charge < -0.3 is 14.8 Å². The van der Waals surface area contributed by atoms with Gasteiger partial charge in [0.1, 0.15) is 5.75 Å². The number of anilines is 1. The third kappa shape index (κ3) is 4.89. The number of aryl methyl sites for hydroxylation is 2. The van der Waals surface area contributed by atoms with Crippen molar-refractivity contribution in [2.45, 2.75) is 37.7 Å². The quantitative estimate of drug-likeness (QED) is 0.721. The van der Waals surface area contributed by atoms with Gasteiger partial charge in [0.05, 0.1) is 29.4 Å². The van der Waals surface area contributed by atoms with Crippen LogP contribution in [0.5, 0.6) is 5.75 Å². The van der Waals surface area contributed by atoms with Crippen LogP contribution in [0.3, 0.4) is 0 Å². The van der Waals surface area contributed by atoms with E-state index >= 15 is 0 Å². The Kier molecular flexibility index (Phi) is 6.44. The number of sulfonamides is 1. The van der Waals surface area contributed by atoms with Crippen LogP contribution in [0.1, 0.15) is 34.3 Å². The van der Waals surface area contributed by atoms with Crippen molar-refractivity contribution < 1.29 is 22.7 Å². The number of hydrogen-bond acceptors (Lipinski definition) is 5. The molecular weight excluding hydrogens is 392 g/mol. The van der Waals surface area contributed by atoms with Gasteiger partial charge in [-0.15, -0.1) is 0 Å². The van der Waals surface area contributed by atoms with Gasteiger partial charge in [0.25, 0.3) is 15.9 Å². The molecule has 0 spiro atoms. The van der Waals surface area contributed by atoms with Gasteiger partial charge in [-0.2, -0.15) is 0 Å². The van der Waals surface area contributed by atoms with Crippen LogP contribution in [0, 0.1) is 13.8 Å². The van der Waals surface area contributed by atoms with Crippen molar-refractivity contribution >= 4 is 21.6 Å². The summed E-state index contributed by atoms with van der Waals surface area (Å²) in [5, 5.41) is 2.83. The fourth-order valence-corrected chi connectivity index (χ4v) is 5.06. The second-order valence-electron chi connectivity index (χ2n) is 7.09. The van der Waals surface area contributed by atoms with Gasteiger partial charge in [-0.25, -0.2) is 8.42 Å². The van der Waals surface area contributed by atoms with Crippen LogP contribution in [0.25, 0.3) is 0 Å². The number of hydrogen-bond donors (Lipinski definition) is 2. The van der Waals surface area contributed by atoms with Gasteiger partial charge >= 0.3 is 0 Å². The van der Waals surface area contributed by atoms with Gasteiger partial charge in [-0.1, -0.05) is 12.1 Å². The highest BCUT2D eigenvalue weighted by Crippen LogP contribution is 2.28. The van der Waals surface area contributed by atoms with Crippen LogP contribution in [0.15, 0.2) is 41.3 Å². The van der Waals surface area contributed by atoms with E-state index < -0.39 is 10.0 Å². The minimum atomic E-state index is -3.90. The SMILES string of the molecule is COc1cc(C)c(S(=O)(=O)Nc2ccccc2C(=O)NC[C@@H]2CCCO2)c(C)c1. The Labute approximate surface area is 171 Å². The Balaban J connectivity index is 1.84. The number of carbonyl (C=O) groups excluding carboxylic acids is 1. The molecule has 1 atom stereocenters. The number of methoxy groups -OCH3 is 1. The molecule has 0 aliphatic carbocycles. The first-order valence-corrected chi connectivity index (χ1v) is 11.0. The molecule has 1 saturated heterocycles. The Morgan fingerprint density at radius 1 is 1.21 bits per heavy atom. The zero-order valence-electron chi connectivity index (χ0n) is 16.8. The lowest BCUT2D eigenvalue weighted by Crippen LogP contribution is -2.32. The molecule has 0 radical (unpaired) electrons. The number of para-hydroxylation sites is 1. The first-order valence-electron chi connectivity index (χ1n) is 9.48. The lowest BCUT2D eigenvalue weighted by atomic mass is 10.1. The van der Waals surface area contributed by atoms with Gasteiger partial charge in [-0.3, -0.25) is 9.52 Å². The average molecular weight is 419 g/mol. The Hall–Kier alpha value is -2.58. The van der Waals surface area contributed by atoms with E-state index in [2.05, 4.69) is 10.0 Å². The van der Waals surface area contributed by atoms with E-state index in [-0.39, 0.29) is 28.2 Å². The van der Waals surface area contributed by atoms with Crippen molar-refractivity contribution in [2.75, 3.05) is 25.0 Å². The maximum absolute atomic E-state index is 13.1. The molecule has 29 heavy (non-hydrogen) atoms. The molecular formula is C21H26N2O5S. The summed E-state index contributed by atoms with van der Waals surface area (Å²) in [5.74, 6) is 0.245. The second-order valence-corrected chi connectivity index (χ2v) is 8.71. The van der Waals surface area contributed by atoms with E-state index in [0.29, 0.717) is 30.0 Å². The zero-order chi connectivity index (χ0) is 21.0.